The van der Waals surface area contributed by atoms with Crippen LogP contribution in [0.4, 0.5) is 15.8 Å². The summed E-state index contributed by atoms with van der Waals surface area (Å²) in [7, 11) is -2.52. The van der Waals surface area contributed by atoms with Crippen LogP contribution < -0.4 is 14.8 Å². The molecule has 0 aliphatic heterocycles. The third-order valence-electron chi connectivity index (χ3n) is 3.91. The molecule has 0 spiro atoms. The lowest BCUT2D eigenvalue weighted by molar-refractivity contribution is 0.102. The van der Waals surface area contributed by atoms with Crippen molar-refractivity contribution in [1.29, 1.82) is 0 Å². The van der Waals surface area contributed by atoms with Crippen LogP contribution in [-0.2, 0) is 10.0 Å². The highest BCUT2D eigenvalue weighted by molar-refractivity contribution is 7.92. The minimum atomic E-state index is -3.97. The highest BCUT2D eigenvalue weighted by Gasteiger charge is 2.17. The Hall–Kier alpha value is -3.10. The molecule has 0 radical (unpaired) electrons. The van der Waals surface area contributed by atoms with Gasteiger partial charge in [0.1, 0.15) is 11.6 Å². The summed E-state index contributed by atoms with van der Waals surface area (Å²) in [6.45, 7) is 0. The van der Waals surface area contributed by atoms with E-state index in [1.165, 1.54) is 49.6 Å². The second-order valence-corrected chi connectivity index (χ2v) is 8.06. The lowest BCUT2D eigenvalue weighted by Crippen LogP contribution is -2.16. The number of carbonyl (C=O) groups excluding carboxylic acids is 1. The molecule has 3 rings (SSSR count). The van der Waals surface area contributed by atoms with Crippen molar-refractivity contribution in [3.8, 4) is 5.75 Å². The standard InChI is InChI=1S/C20H16ClFN2O4S/c1-28-19-10-5-14(21)12-18(19)23-20(25)13-3-2-4-17(11-13)29(26,27)24-16-8-6-15(22)7-9-16/h2-12,24H,1H3,(H,23,25). The van der Waals surface area contributed by atoms with Crippen molar-refractivity contribution in [3.05, 3.63) is 83.1 Å². The van der Waals surface area contributed by atoms with E-state index in [0.29, 0.717) is 16.5 Å². The molecule has 3 aromatic rings. The highest BCUT2D eigenvalue weighted by Crippen LogP contribution is 2.28. The molecule has 29 heavy (non-hydrogen) atoms. The van der Waals surface area contributed by atoms with Gasteiger partial charge in [0, 0.05) is 16.3 Å². The van der Waals surface area contributed by atoms with E-state index in [9.17, 15) is 17.6 Å². The third-order valence-corrected chi connectivity index (χ3v) is 5.53. The van der Waals surface area contributed by atoms with Crippen molar-refractivity contribution in [3.63, 3.8) is 0 Å². The number of carbonyl (C=O) groups is 1. The Balaban J connectivity index is 1.84. The van der Waals surface area contributed by atoms with Gasteiger partial charge >= 0.3 is 0 Å². The quantitative estimate of drug-likeness (QED) is 0.596. The molecule has 0 unspecified atom stereocenters. The average Bonchev–Trinajstić information content (AvgIpc) is 2.70. The SMILES string of the molecule is COc1ccc(Cl)cc1NC(=O)c1cccc(S(=O)(=O)Nc2ccc(F)cc2)c1. The third kappa shape index (κ3) is 5.04. The first-order valence-corrected chi connectivity index (χ1v) is 10.2. The molecule has 1 amide bonds. The second-order valence-electron chi connectivity index (χ2n) is 5.94. The zero-order valence-corrected chi connectivity index (χ0v) is 16.7. The molecule has 3 aromatic carbocycles. The predicted molar refractivity (Wildman–Crippen MR) is 110 cm³/mol. The molecule has 0 aliphatic carbocycles. The topological polar surface area (TPSA) is 84.5 Å². The fourth-order valence-corrected chi connectivity index (χ4v) is 3.79. The maximum atomic E-state index is 13.0. The number of halogens is 2. The maximum absolute atomic E-state index is 13.0. The normalized spacial score (nSPS) is 11.0. The van der Waals surface area contributed by atoms with Gasteiger partial charge < -0.3 is 10.1 Å². The van der Waals surface area contributed by atoms with Gasteiger partial charge in [0.05, 0.1) is 17.7 Å². The fraction of sp³-hybridized carbons (Fsp3) is 0.0500. The molecular formula is C20H16ClFN2O4S. The van der Waals surface area contributed by atoms with Crippen LogP contribution in [-0.4, -0.2) is 21.4 Å². The lowest BCUT2D eigenvalue weighted by Gasteiger charge is -2.12. The molecule has 0 atom stereocenters. The molecule has 2 N–H and O–H groups in total. The van der Waals surface area contributed by atoms with Crippen LogP contribution in [0, 0.1) is 5.82 Å². The Bertz CT molecular complexity index is 1150. The van der Waals surface area contributed by atoms with Crippen molar-refractivity contribution in [2.45, 2.75) is 4.90 Å². The summed E-state index contributed by atoms with van der Waals surface area (Å²) in [5.41, 5.74) is 0.668. The zero-order chi connectivity index (χ0) is 21.0. The summed E-state index contributed by atoms with van der Waals surface area (Å²) in [6.07, 6.45) is 0. The summed E-state index contributed by atoms with van der Waals surface area (Å²) in [5.74, 6) is -0.614. The van der Waals surface area contributed by atoms with Gasteiger partial charge in [-0.3, -0.25) is 9.52 Å². The van der Waals surface area contributed by atoms with E-state index >= 15 is 0 Å². The molecule has 0 aromatic heterocycles. The van der Waals surface area contributed by atoms with E-state index in [0.717, 1.165) is 12.1 Å². The Morgan fingerprint density at radius 2 is 1.76 bits per heavy atom. The van der Waals surface area contributed by atoms with Crippen LogP contribution >= 0.6 is 11.6 Å². The van der Waals surface area contributed by atoms with Crippen LogP contribution in [0.1, 0.15) is 10.4 Å². The molecular weight excluding hydrogens is 419 g/mol. The number of hydrogen-bond acceptors (Lipinski definition) is 4. The molecule has 0 saturated heterocycles. The maximum Gasteiger partial charge on any atom is 0.261 e. The highest BCUT2D eigenvalue weighted by atomic mass is 35.5. The molecule has 0 saturated carbocycles. The van der Waals surface area contributed by atoms with Gasteiger partial charge in [-0.1, -0.05) is 17.7 Å². The number of benzene rings is 3. The van der Waals surface area contributed by atoms with Crippen LogP contribution in [0.25, 0.3) is 0 Å². The minimum absolute atomic E-state index is 0.118. The van der Waals surface area contributed by atoms with Crippen molar-refractivity contribution in [2.24, 2.45) is 0 Å². The van der Waals surface area contributed by atoms with E-state index in [1.807, 2.05) is 0 Å². The Morgan fingerprint density at radius 3 is 2.45 bits per heavy atom. The second kappa shape index (κ2) is 8.50. The summed E-state index contributed by atoms with van der Waals surface area (Å²) in [5, 5.41) is 3.05. The summed E-state index contributed by atoms with van der Waals surface area (Å²) >= 11 is 5.96. The summed E-state index contributed by atoms with van der Waals surface area (Å²) in [6, 6.07) is 15.1. The number of methoxy groups -OCH3 is 1. The molecule has 150 valence electrons. The van der Waals surface area contributed by atoms with Gasteiger partial charge in [0.15, 0.2) is 0 Å². The molecule has 0 fully saturated rings. The molecule has 9 heteroatoms. The van der Waals surface area contributed by atoms with Crippen molar-refractivity contribution < 1.29 is 22.3 Å². The number of ether oxygens (including phenoxy) is 1. The van der Waals surface area contributed by atoms with Gasteiger partial charge in [-0.15, -0.1) is 0 Å². The summed E-state index contributed by atoms with van der Waals surface area (Å²) in [4.78, 5) is 12.5. The van der Waals surface area contributed by atoms with Crippen molar-refractivity contribution in [1.82, 2.24) is 0 Å². The van der Waals surface area contributed by atoms with Crippen LogP contribution in [0.3, 0.4) is 0 Å². The van der Waals surface area contributed by atoms with Gasteiger partial charge in [0.2, 0.25) is 0 Å². The van der Waals surface area contributed by atoms with E-state index in [-0.39, 0.29) is 16.1 Å². The van der Waals surface area contributed by atoms with Crippen LogP contribution in [0.15, 0.2) is 71.6 Å². The van der Waals surface area contributed by atoms with Gasteiger partial charge in [-0.25, -0.2) is 12.8 Å². The molecule has 6 nitrogen and oxygen atoms in total. The summed E-state index contributed by atoms with van der Waals surface area (Å²) < 4.78 is 45.7. The first kappa shape index (κ1) is 20.6. The first-order valence-electron chi connectivity index (χ1n) is 8.32. The van der Waals surface area contributed by atoms with E-state index in [4.69, 9.17) is 16.3 Å². The number of anilines is 2. The number of hydrogen-bond donors (Lipinski definition) is 2. The fourth-order valence-electron chi connectivity index (χ4n) is 2.51. The Morgan fingerprint density at radius 1 is 1.03 bits per heavy atom. The van der Waals surface area contributed by atoms with Crippen molar-refractivity contribution in [2.75, 3.05) is 17.1 Å². The molecule has 0 aliphatic rings. The lowest BCUT2D eigenvalue weighted by atomic mass is 10.2. The van der Waals surface area contributed by atoms with E-state index in [1.54, 1.807) is 12.1 Å². The minimum Gasteiger partial charge on any atom is -0.495 e. The molecule has 0 heterocycles. The monoisotopic (exact) mass is 434 g/mol. The largest absolute Gasteiger partial charge is 0.495 e. The number of rotatable bonds is 6. The smallest absolute Gasteiger partial charge is 0.261 e. The zero-order valence-electron chi connectivity index (χ0n) is 15.1. The Kier molecular flexibility index (Phi) is 6.05. The van der Waals surface area contributed by atoms with Gasteiger partial charge in [0.25, 0.3) is 15.9 Å². The number of nitrogens with one attached hydrogen (secondary N) is 2. The number of sulfonamides is 1. The van der Waals surface area contributed by atoms with Gasteiger partial charge in [-0.2, -0.15) is 0 Å². The van der Waals surface area contributed by atoms with Crippen molar-refractivity contribution >= 4 is 38.9 Å². The average molecular weight is 435 g/mol. The molecule has 0 bridgehead atoms. The van der Waals surface area contributed by atoms with Gasteiger partial charge in [-0.05, 0) is 60.7 Å². The first-order chi connectivity index (χ1) is 13.8. The van der Waals surface area contributed by atoms with E-state index < -0.39 is 21.7 Å². The van der Waals surface area contributed by atoms with E-state index in [2.05, 4.69) is 10.0 Å². The number of amides is 1. The van der Waals surface area contributed by atoms with Crippen LogP contribution in [0.2, 0.25) is 5.02 Å². The predicted octanol–water partition coefficient (Wildman–Crippen LogP) is 4.54. The Labute approximate surface area is 172 Å². The van der Waals surface area contributed by atoms with Crippen LogP contribution in [0.5, 0.6) is 5.75 Å².